The molecule has 5 heteroatoms. The first-order chi connectivity index (χ1) is 28.1. The second-order valence-electron chi connectivity index (χ2n) is 14.1. The molecule has 0 N–H and O–H groups in total. The van der Waals surface area contributed by atoms with E-state index in [9.17, 15) is 0 Å². The van der Waals surface area contributed by atoms with Crippen LogP contribution in [0.4, 0.5) is 0 Å². The lowest BCUT2D eigenvalue weighted by molar-refractivity contribution is 0.660. The fourth-order valence-electron chi connectivity index (χ4n) is 8.46. The van der Waals surface area contributed by atoms with Crippen LogP contribution >= 0.6 is 0 Å². The third-order valence-corrected chi connectivity index (χ3v) is 10.9. The molecule has 0 aliphatic heterocycles. The second kappa shape index (κ2) is 11.1. The Labute approximate surface area is 313 Å². The van der Waals surface area contributed by atoms with Crippen molar-refractivity contribution in [1.29, 1.82) is 0 Å². The van der Waals surface area contributed by atoms with Gasteiger partial charge in [-0.15, -0.1) is 0 Å². The van der Waals surface area contributed by atoms with Crippen molar-refractivity contribution in [1.82, 2.24) is 24.1 Å². The van der Waals surface area contributed by atoms with Crippen molar-refractivity contribution >= 4 is 43.6 Å². The molecule has 0 unspecified atom stereocenters. The first-order valence-corrected chi connectivity index (χ1v) is 17.7. The number of benzene rings is 7. The van der Waals surface area contributed by atoms with Crippen LogP contribution in [0.25, 0.3) is 89.2 Å². The molecular weight excluding hydrogens is 647 g/mol. The average Bonchev–Trinajstić information content (AvgIpc) is 3.86. The molecule has 250 valence electrons. The number of fused-ring (bicyclic) bond motifs is 10. The van der Waals surface area contributed by atoms with Crippen molar-refractivity contribution in [2.75, 3.05) is 0 Å². The van der Waals surface area contributed by atoms with Gasteiger partial charge in [0.25, 0.3) is 0 Å². The lowest BCUT2D eigenvalue weighted by Gasteiger charge is -2.22. The van der Waals surface area contributed by atoms with Gasteiger partial charge in [0.05, 0.1) is 28.9 Å². The zero-order chi connectivity index (χ0) is 39.6. The van der Waals surface area contributed by atoms with Crippen molar-refractivity contribution in [3.63, 3.8) is 0 Å². The number of hydrogen-bond donors (Lipinski definition) is 0. The molecule has 7 aromatic carbocycles. The van der Waals surface area contributed by atoms with Gasteiger partial charge in [-0.2, -0.15) is 9.97 Å². The van der Waals surface area contributed by atoms with Crippen molar-refractivity contribution in [3.05, 3.63) is 175 Å². The Morgan fingerprint density at radius 3 is 1.81 bits per heavy atom. The summed E-state index contributed by atoms with van der Waals surface area (Å²) in [6.07, 6.45) is 0. The molecule has 3 aromatic heterocycles. The predicted molar refractivity (Wildman–Crippen MR) is 217 cm³/mol. The van der Waals surface area contributed by atoms with Crippen LogP contribution in [0.2, 0.25) is 0 Å². The number of para-hydroxylation sites is 2. The summed E-state index contributed by atoms with van der Waals surface area (Å²) in [5.74, 6) is 0.558. The van der Waals surface area contributed by atoms with E-state index in [0.717, 1.165) is 49.3 Å². The molecule has 0 saturated carbocycles. The monoisotopic (exact) mass is 684 g/mol. The molecule has 0 spiro atoms. The topological polar surface area (TPSA) is 48.5 Å². The standard InChI is InChI=1S/C48H33N5/c1-48(2)39-22-12-9-19-33(39)34-26-25-32(29-40(34)48)52-41-23-13-10-20-35(41)37-27-28-38-36-21-11-14-24-42(36)53(44(38)43(37)52)47-50-45(30-15-5-3-6-16-30)49-46(51-47)31-17-7-4-8-18-31/h3-29H,1-2H3/i3D,5D,6D,15D,16D. The van der Waals surface area contributed by atoms with Crippen molar-refractivity contribution in [3.8, 4) is 45.5 Å². The van der Waals surface area contributed by atoms with E-state index in [4.69, 9.17) is 21.8 Å². The molecule has 0 fully saturated rings. The third kappa shape index (κ3) is 4.28. The molecule has 10 aromatic rings. The molecule has 0 atom stereocenters. The van der Waals surface area contributed by atoms with E-state index in [1.807, 2.05) is 53.1 Å². The number of nitrogens with zero attached hydrogens (tertiary/aromatic N) is 5. The smallest absolute Gasteiger partial charge is 0.238 e. The van der Waals surface area contributed by atoms with E-state index in [1.165, 1.54) is 22.3 Å². The summed E-state index contributed by atoms with van der Waals surface area (Å²) in [6.45, 7) is 4.59. The van der Waals surface area contributed by atoms with Gasteiger partial charge in [0.1, 0.15) is 0 Å². The molecular formula is C48H33N5. The molecule has 1 aliphatic rings. The highest BCUT2D eigenvalue weighted by Crippen LogP contribution is 2.50. The zero-order valence-electron chi connectivity index (χ0n) is 33.9. The molecule has 1 aliphatic carbocycles. The Morgan fingerprint density at radius 2 is 1.08 bits per heavy atom. The number of rotatable bonds is 4. The maximum atomic E-state index is 8.89. The first kappa shape index (κ1) is 25.2. The lowest BCUT2D eigenvalue weighted by Crippen LogP contribution is -2.15. The highest BCUT2D eigenvalue weighted by atomic mass is 15.2. The highest BCUT2D eigenvalue weighted by Gasteiger charge is 2.35. The minimum atomic E-state index is -0.479. The molecule has 0 radical (unpaired) electrons. The third-order valence-electron chi connectivity index (χ3n) is 10.9. The summed E-state index contributed by atoms with van der Waals surface area (Å²) in [6, 6.07) is 43.7. The predicted octanol–water partition coefficient (Wildman–Crippen LogP) is 11.7. The SMILES string of the molecule is [2H]c1c([2H])c([2H])c(-c2nc(-c3ccccc3)nc(-n3c4ccccc4c4ccc5c6ccccc6n(-c6ccc7c(c6)C(C)(C)c6ccccc6-7)c5c43)n2)c([2H])c1[2H]. The van der Waals surface area contributed by atoms with Crippen LogP contribution in [0.3, 0.4) is 0 Å². The van der Waals surface area contributed by atoms with E-state index in [0.29, 0.717) is 11.4 Å². The van der Waals surface area contributed by atoms with Gasteiger partial charge in [0.15, 0.2) is 11.6 Å². The molecule has 11 rings (SSSR count). The summed E-state index contributed by atoms with van der Waals surface area (Å²) < 4.78 is 47.4. The number of hydrogen-bond acceptors (Lipinski definition) is 3. The van der Waals surface area contributed by atoms with Crippen molar-refractivity contribution in [2.45, 2.75) is 19.3 Å². The summed E-state index contributed by atoms with van der Waals surface area (Å²) >= 11 is 0. The molecule has 0 bridgehead atoms. The van der Waals surface area contributed by atoms with Crippen LogP contribution in [-0.2, 0) is 5.41 Å². The van der Waals surface area contributed by atoms with Gasteiger partial charge in [-0.1, -0.05) is 153 Å². The lowest BCUT2D eigenvalue weighted by atomic mass is 9.82. The molecule has 0 saturated heterocycles. The van der Waals surface area contributed by atoms with Crippen LogP contribution in [0.1, 0.15) is 31.8 Å². The number of aromatic nitrogens is 5. The summed E-state index contributed by atoms with van der Waals surface area (Å²) in [5.41, 5.74) is 10.2. The van der Waals surface area contributed by atoms with Crippen molar-refractivity contribution < 1.29 is 6.85 Å². The Bertz CT molecular complexity index is 3360. The van der Waals surface area contributed by atoms with E-state index >= 15 is 0 Å². The Hall–Kier alpha value is -6.85. The van der Waals surface area contributed by atoms with Crippen LogP contribution < -0.4 is 0 Å². The minimum Gasteiger partial charge on any atom is -0.307 e. The Morgan fingerprint density at radius 1 is 0.491 bits per heavy atom. The zero-order valence-corrected chi connectivity index (χ0v) is 28.9. The van der Waals surface area contributed by atoms with Gasteiger partial charge in [0, 0.05) is 43.8 Å². The summed E-state index contributed by atoms with van der Waals surface area (Å²) in [4.78, 5) is 14.9. The minimum absolute atomic E-state index is 0.0140. The Kier molecular flexibility index (Phi) is 5.26. The van der Waals surface area contributed by atoms with Crippen LogP contribution in [0.5, 0.6) is 0 Å². The van der Waals surface area contributed by atoms with Gasteiger partial charge in [-0.25, -0.2) is 4.98 Å². The first-order valence-electron chi connectivity index (χ1n) is 20.2. The van der Waals surface area contributed by atoms with E-state index in [1.54, 1.807) is 0 Å². The molecule has 0 amide bonds. The largest absolute Gasteiger partial charge is 0.307 e. The maximum Gasteiger partial charge on any atom is 0.238 e. The highest BCUT2D eigenvalue weighted by molar-refractivity contribution is 6.23. The summed E-state index contributed by atoms with van der Waals surface area (Å²) in [7, 11) is 0. The normalized spacial score (nSPS) is 14.6. The Balaban J connectivity index is 1.28. The van der Waals surface area contributed by atoms with Gasteiger partial charge < -0.3 is 4.57 Å². The van der Waals surface area contributed by atoms with E-state index < -0.39 is 18.1 Å². The van der Waals surface area contributed by atoms with Crippen LogP contribution in [0.15, 0.2) is 164 Å². The fraction of sp³-hybridized carbons (Fsp3) is 0.0625. The van der Waals surface area contributed by atoms with Gasteiger partial charge in [0.2, 0.25) is 5.95 Å². The fourth-order valence-corrected chi connectivity index (χ4v) is 8.46. The molecule has 3 heterocycles. The maximum absolute atomic E-state index is 8.89. The molecule has 5 nitrogen and oxygen atoms in total. The average molecular weight is 685 g/mol. The van der Waals surface area contributed by atoms with Crippen molar-refractivity contribution in [2.24, 2.45) is 0 Å². The summed E-state index contributed by atoms with van der Waals surface area (Å²) in [5, 5.41) is 4.14. The molecule has 53 heavy (non-hydrogen) atoms. The van der Waals surface area contributed by atoms with Gasteiger partial charge in [-0.05, 0) is 46.5 Å². The quantitative estimate of drug-likeness (QED) is 0.185. The van der Waals surface area contributed by atoms with Gasteiger partial charge in [-0.3, -0.25) is 4.57 Å². The second-order valence-corrected chi connectivity index (χ2v) is 14.1. The van der Waals surface area contributed by atoms with Crippen LogP contribution in [-0.4, -0.2) is 24.1 Å². The van der Waals surface area contributed by atoms with Crippen LogP contribution in [0, 0.1) is 0 Å². The van der Waals surface area contributed by atoms with Gasteiger partial charge >= 0.3 is 0 Å². The van der Waals surface area contributed by atoms with E-state index in [2.05, 4.69) is 103 Å². The van der Waals surface area contributed by atoms with E-state index in [-0.39, 0.29) is 34.8 Å².